The topological polar surface area (TPSA) is 128 Å². The van der Waals surface area contributed by atoms with Crippen LogP contribution in [0.4, 0.5) is 5.69 Å². The summed E-state index contributed by atoms with van der Waals surface area (Å²) in [5, 5.41) is 9.85. The Morgan fingerprint density at radius 1 is 1.14 bits per heavy atom. The van der Waals surface area contributed by atoms with Crippen LogP contribution in [0.15, 0.2) is 46.1 Å². The van der Waals surface area contributed by atoms with Crippen molar-refractivity contribution < 1.29 is 4.79 Å². The number of hydrogen-bond acceptors (Lipinski definition) is 6. The number of fused-ring (bicyclic) bond motifs is 1. The molecule has 0 fully saturated rings. The average Bonchev–Trinajstić information content (AvgIpc) is 3.17. The molecule has 0 spiro atoms. The number of amides is 1. The maximum atomic E-state index is 12.7. The van der Waals surface area contributed by atoms with Gasteiger partial charge < -0.3 is 5.32 Å². The Hall–Kier alpha value is -4.08. The molecule has 10 heteroatoms. The standard InChI is InChI=1S/C19H17N7O3/c1-10-21-15(24-23-10)11-5-4-6-13(7-11)22-17(27)12-8-14-16(20-9-12)25(2)19(29)26(3)18(14)28/h4-9H,1-3H3,(H,22,27)(H,21,23,24). The number of hydrogen-bond donors (Lipinski definition) is 2. The van der Waals surface area contributed by atoms with Crippen LogP contribution in [0.1, 0.15) is 16.2 Å². The maximum absolute atomic E-state index is 12.7. The second-order valence-electron chi connectivity index (χ2n) is 6.58. The van der Waals surface area contributed by atoms with Crippen LogP contribution >= 0.6 is 0 Å². The highest BCUT2D eigenvalue weighted by Crippen LogP contribution is 2.20. The lowest BCUT2D eigenvalue weighted by Crippen LogP contribution is -2.37. The molecule has 0 radical (unpaired) electrons. The number of carbonyl (C=O) groups is 1. The molecule has 0 saturated carbocycles. The molecule has 2 N–H and O–H groups in total. The van der Waals surface area contributed by atoms with E-state index in [9.17, 15) is 14.4 Å². The molecule has 10 nitrogen and oxygen atoms in total. The van der Waals surface area contributed by atoms with Crippen molar-refractivity contribution in [1.29, 1.82) is 0 Å². The highest BCUT2D eigenvalue weighted by molar-refractivity contribution is 6.05. The smallest absolute Gasteiger partial charge is 0.322 e. The minimum absolute atomic E-state index is 0.187. The second-order valence-corrected chi connectivity index (χ2v) is 6.58. The van der Waals surface area contributed by atoms with Crippen molar-refractivity contribution in [1.82, 2.24) is 29.3 Å². The monoisotopic (exact) mass is 391 g/mol. The van der Waals surface area contributed by atoms with E-state index in [1.807, 2.05) is 6.07 Å². The van der Waals surface area contributed by atoms with Crippen LogP contribution < -0.4 is 16.6 Å². The van der Waals surface area contributed by atoms with Crippen LogP contribution in [0.25, 0.3) is 22.4 Å². The van der Waals surface area contributed by atoms with E-state index in [2.05, 4.69) is 25.5 Å². The van der Waals surface area contributed by atoms with E-state index in [0.717, 1.165) is 10.1 Å². The van der Waals surface area contributed by atoms with Gasteiger partial charge in [-0.2, -0.15) is 5.10 Å². The number of H-pyrrole nitrogens is 1. The van der Waals surface area contributed by atoms with Crippen LogP contribution in [0.2, 0.25) is 0 Å². The molecule has 0 unspecified atom stereocenters. The minimum Gasteiger partial charge on any atom is -0.322 e. The Morgan fingerprint density at radius 3 is 2.66 bits per heavy atom. The van der Waals surface area contributed by atoms with Crippen LogP contribution in [0, 0.1) is 6.92 Å². The maximum Gasteiger partial charge on any atom is 0.332 e. The van der Waals surface area contributed by atoms with Gasteiger partial charge in [0.25, 0.3) is 11.5 Å². The molecule has 0 atom stereocenters. The zero-order valence-corrected chi connectivity index (χ0v) is 15.9. The molecule has 0 aliphatic carbocycles. The zero-order valence-electron chi connectivity index (χ0n) is 15.9. The van der Waals surface area contributed by atoms with Crippen molar-refractivity contribution in [3.05, 3.63) is 68.8 Å². The molecule has 146 valence electrons. The molecule has 3 heterocycles. The van der Waals surface area contributed by atoms with E-state index in [4.69, 9.17) is 0 Å². The number of nitrogens with zero attached hydrogens (tertiary/aromatic N) is 5. The predicted molar refractivity (Wildman–Crippen MR) is 107 cm³/mol. The van der Waals surface area contributed by atoms with Gasteiger partial charge in [0.05, 0.1) is 10.9 Å². The summed E-state index contributed by atoms with van der Waals surface area (Å²) < 4.78 is 2.24. The molecule has 0 saturated heterocycles. The summed E-state index contributed by atoms with van der Waals surface area (Å²) in [5.74, 6) is 0.779. The summed E-state index contributed by atoms with van der Waals surface area (Å²) >= 11 is 0. The van der Waals surface area contributed by atoms with E-state index in [1.54, 1.807) is 25.1 Å². The first-order valence-electron chi connectivity index (χ1n) is 8.71. The van der Waals surface area contributed by atoms with E-state index in [0.29, 0.717) is 17.3 Å². The first-order chi connectivity index (χ1) is 13.8. The lowest BCUT2D eigenvalue weighted by Gasteiger charge is -2.09. The lowest BCUT2D eigenvalue weighted by atomic mass is 10.1. The third kappa shape index (κ3) is 3.20. The van der Waals surface area contributed by atoms with Gasteiger partial charge >= 0.3 is 5.69 Å². The van der Waals surface area contributed by atoms with E-state index < -0.39 is 17.2 Å². The third-order valence-electron chi connectivity index (χ3n) is 4.53. The quantitative estimate of drug-likeness (QED) is 0.536. The molecule has 29 heavy (non-hydrogen) atoms. The number of benzene rings is 1. The normalized spacial score (nSPS) is 11.0. The Balaban J connectivity index is 1.68. The summed E-state index contributed by atoms with van der Waals surface area (Å²) in [6.07, 6.45) is 1.33. The number of aryl methyl sites for hydroxylation is 2. The molecule has 0 bridgehead atoms. The Kier molecular flexibility index (Phi) is 4.30. The van der Waals surface area contributed by atoms with Crippen LogP contribution in [0.3, 0.4) is 0 Å². The van der Waals surface area contributed by atoms with E-state index in [-0.39, 0.29) is 16.6 Å². The zero-order chi connectivity index (χ0) is 20.7. The molecule has 0 aliphatic rings. The highest BCUT2D eigenvalue weighted by atomic mass is 16.2. The first kappa shape index (κ1) is 18.3. The van der Waals surface area contributed by atoms with Crippen molar-refractivity contribution in [2.75, 3.05) is 5.32 Å². The third-order valence-corrected chi connectivity index (χ3v) is 4.53. The number of rotatable bonds is 3. The second kappa shape index (κ2) is 6.82. The van der Waals surface area contributed by atoms with Crippen molar-refractivity contribution in [2.45, 2.75) is 6.92 Å². The van der Waals surface area contributed by atoms with Gasteiger partial charge in [0.15, 0.2) is 5.82 Å². The predicted octanol–water partition coefficient (Wildman–Crippen LogP) is 0.978. The van der Waals surface area contributed by atoms with Gasteiger partial charge in [0, 0.05) is 31.5 Å². The Bertz CT molecular complexity index is 1380. The summed E-state index contributed by atoms with van der Waals surface area (Å²) in [7, 11) is 2.90. The number of nitrogens with one attached hydrogen (secondary N) is 2. The van der Waals surface area contributed by atoms with Gasteiger partial charge in [0.2, 0.25) is 0 Å². The fraction of sp³-hybridized carbons (Fsp3) is 0.158. The van der Waals surface area contributed by atoms with Gasteiger partial charge in [-0.25, -0.2) is 14.8 Å². The number of pyridine rings is 1. The number of carbonyl (C=O) groups excluding carboxylic acids is 1. The fourth-order valence-electron chi connectivity index (χ4n) is 3.00. The van der Waals surface area contributed by atoms with Gasteiger partial charge in [-0.05, 0) is 25.1 Å². The van der Waals surface area contributed by atoms with Crippen molar-refractivity contribution >= 4 is 22.6 Å². The molecular weight excluding hydrogens is 374 g/mol. The van der Waals surface area contributed by atoms with Gasteiger partial charge in [-0.3, -0.25) is 23.8 Å². The van der Waals surface area contributed by atoms with Gasteiger partial charge in [0.1, 0.15) is 11.5 Å². The molecule has 1 aromatic carbocycles. The van der Waals surface area contributed by atoms with Crippen molar-refractivity contribution in [2.24, 2.45) is 14.1 Å². The molecule has 4 aromatic rings. The van der Waals surface area contributed by atoms with E-state index >= 15 is 0 Å². The molecule has 1 amide bonds. The van der Waals surface area contributed by atoms with Crippen molar-refractivity contribution in [3.63, 3.8) is 0 Å². The van der Waals surface area contributed by atoms with Crippen LogP contribution in [-0.2, 0) is 14.1 Å². The number of anilines is 1. The first-order valence-corrected chi connectivity index (χ1v) is 8.71. The Morgan fingerprint density at radius 2 is 1.93 bits per heavy atom. The van der Waals surface area contributed by atoms with E-state index in [1.165, 1.54) is 30.9 Å². The fourth-order valence-corrected chi connectivity index (χ4v) is 3.00. The van der Waals surface area contributed by atoms with Gasteiger partial charge in [-0.15, -0.1) is 0 Å². The SMILES string of the molecule is Cc1nc(-c2cccc(NC(=O)c3cnc4c(c3)c(=O)n(C)c(=O)n4C)c2)n[nH]1. The lowest BCUT2D eigenvalue weighted by molar-refractivity contribution is 0.102. The van der Waals surface area contributed by atoms with Crippen LogP contribution in [0.5, 0.6) is 0 Å². The largest absolute Gasteiger partial charge is 0.332 e. The molecular formula is C19H17N7O3. The van der Waals surface area contributed by atoms with Crippen molar-refractivity contribution in [3.8, 4) is 11.4 Å². The number of aromatic amines is 1. The van der Waals surface area contributed by atoms with Crippen LogP contribution in [-0.4, -0.2) is 35.2 Å². The summed E-state index contributed by atoms with van der Waals surface area (Å²) in [6.45, 7) is 1.80. The molecule has 3 aromatic heterocycles. The summed E-state index contributed by atoms with van der Waals surface area (Å²) in [4.78, 5) is 45.5. The number of aromatic nitrogens is 6. The summed E-state index contributed by atoms with van der Waals surface area (Å²) in [6, 6.07) is 8.53. The molecule has 0 aliphatic heterocycles. The molecule has 4 rings (SSSR count). The Labute approximate surface area is 163 Å². The summed E-state index contributed by atoms with van der Waals surface area (Å²) in [5.41, 5.74) is 0.721. The van der Waals surface area contributed by atoms with Gasteiger partial charge in [-0.1, -0.05) is 12.1 Å². The highest BCUT2D eigenvalue weighted by Gasteiger charge is 2.14. The average molecular weight is 391 g/mol. The minimum atomic E-state index is -0.507.